The number of rotatable bonds is 7. The molecule has 0 spiro atoms. The van der Waals surface area contributed by atoms with Crippen molar-refractivity contribution in [3.05, 3.63) is 65.5 Å². The zero-order chi connectivity index (χ0) is 26.1. The Labute approximate surface area is 213 Å². The zero-order valence-corrected chi connectivity index (χ0v) is 21.5. The summed E-state index contributed by atoms with van der Waals surface area (Å²) >= 11 is 0. The minimum Gasteiger partial charge on any atom is -0.478 e. The highest BCUT2D eigenvalue weighted by atomic mass is 19.1. The first kappa shape index (κ1) is 27.1. The van der Waals surface area contributed by atoms with Gasteiger partial charge < -0.3 is 19.7 Å². The molecule has 2 aromatic carbocycles. The van der Waals surface area contributed by atoms with Crippen LogP contribution in [0.2, 0.25) is 0 Å². The lowest BCUT2D eigenvalue weighted by molar-refractivity contribution is 0.0178. The van der Waals surface area contributed by atoms with Gasteiger partial charge in [0.25, 0.3) is 5.91 Å². The molecule has 1 aliphatic rings. The van der Waals surface area contributed by atoms with Crippen molar-refractivity contribution in [2.24, 2.45) is 5.92 Å². The summed E-state index contributed by atoms with van der Waals surface area (Å²) in [6.45, 7) is 8.58. The maximum Gasteiger partial charge on any atom is 0.410 e. The monoisotopic (exact) mass is 494 g/mol. The van der Waals surface area contributed by atoms with Gasteiger partial charge in [-0.15, -0.1) is 5.92 Å². The maximum absolute atomic E-state index is 14.5. The SMILES string of the molecule is CC#CCOc1ccc(C(=O)NC(CC2CCN(C(=O)OC(C)(C)C)CC2)c2ccccc2)cc1F. The summed E-state index contributed by atoms with van der Waals surface area (Å²) in [6, 6.07) is 13.7. The molecule has 0 aromatic heterocycles. The second-order valence-electron chi connectivity index (χ2n) is 9.94. The molecule has 0 saturated carbocycles. The molecule has 0 radical (unpaired) electrons. The number of amides is 2. The van der Waals surface area contributed by atoms with Crippen LogP contribution in [0.25, 0.3) is 0 Å². The summed E-state index contributed by atoms with van der Waals surface area (Å²) in [5, 5.41) is 3.09. The molecule has 0 aliphatic carbocycles. The zero-order valence-electron chi connectivity index (χ0n) is 21.5. The molecule has 2 amide bonds. The number of halogens is 1. The van der Waals surface area contributed by atoms with Gasteiger partial charge in [-0.25, -0.2) is 9.18 Å². The Hall–Kier alpha value is -3.53. The minimum atomic E-state index is -0.605. The highest BCUT2D eigenvalue weighted by Crippen LogP contribution is 2.30. The van der Waals surface area contributed by atoms with Crippen molar-refractivity contribution < 1.29 is 23.5 Å². The predicted molar refractivity (Wildman–Crippen MR) is 137 cm³/mol. The van der Waals surface area contributed by atoms with Crippen LogP contribution in [0.1, 0.15) is 68.9 Å². The Morgan fingerprint density at radius 3 is 2.44 bits per heavy atom. The molecular weight excluding hydrogens is 459 g/mol. The van der Waals surface area contributed by atoms with Crippen molar-refractivity contribution in [3.63, 3.8) is 0 Å². The molecule has 6 nitrogen and oxygen atoms in total. The number of hydrogen-bond donors (Lipinski definition) is 1. The molecule has 1 heterocycles. The van der Waals surface area contributed by atoms with Gasteiger partial charge in [-0.3, -0.25) is 4.79 Å². The molecule has 7 heteroatoms. The van der Waals surface area contributed by atoms with Gasteiger partial charge in [0.1, 0.15) is 12.2 Å². The lowest BCUT2D eigenvalue weighted by atomic mass is 9.87. The van der Waals surface area contributed by atoms with E-state index in [4.69, 9.17) is 9.47 Å². The van der Waals surface area contributed by atoms with Crippen LogP contribution < -0.4 is 10.1 Å². The largest absolute Gasteiger partial charge is 0.478 e. The highest BCUT2D eigenvalue weighted by molar-refractivity contribution is 5.94. The predicted octanol–water partition coefficient (Wildman–Crippen LogP) is 5.74. The van der Waals surface area contributed by atoms with Gasteiger partial charge >= 0.3 is 6.09 Å². The average Bonchev–Trinajstić information content (AvgIpc) is 2.84. The van der Waals surface area contributed by atoms with Gasteiger partial charge in [0.2, 0.25) is 0 Å². The van der Waals surface area contributed by atoms with E-state index in [1.54, 1.807) is 17.9 Å². The van der Waals surface area contributed by atoms with Crippen molar-refractivity contribution in [2.75, 3.05) is 19.7 Å². The van der Waals surface area contributed by atoms with Crippen molar-refractivity contribution >= 4 is 12.0 Å². The Morgan fingerprint density at radius 2 is 1.83 bits per heavy atom. The van der Waals surface area contributed by atoms with Crippen LogP contribution in [-0.2, 0) is 4.74 Å². The van der Waals surface area contributed by atoms with Crippen LogP contribution in [-0.4, -0.2) is 42.2 Å². The van der Waals surface area contributed by atoms with E-state index < -0.39 is 11.4 Å². The number of carbonyl (C=O) groups is 2. The van der Waals surface area contributed by atoms with E-state index in [-0.39, 0.29) is 36.0 Å². The standard InChI is InChI=1S/C29H35FN2O4/c1-5-6-18-35-26-13-12-23(20-24(26)30)27(33)31-25(22-10-8-7-9-11-22)19-21-14-16-32(17-15-21)28(34)36-29(2,3)4/h7-13,20-21,25H,14-19H2,1-4H3,(H,31,33). The van der Waals surface area contributed by atoms with Crippen LogP contribution in [0.5, 0.6) is 5.75 Å². The van der Waals surface area contributed by atoms with Gasteiger partial charge in [0.05, 0.1) is 6.04 Å². The number of likely N-dealkylation sites (tertiary alicyclic amines) is 1. The number of nitrogens with zero attached hydrogens (tertiary/aromatic N) is 1. The van der Waals surface area contributed by atoms with Gasteiger partial charge in [-0.1, -0.05) is 36.3 Å². The fourth-order valence-corrected chi connectivity index (χ4v) is 4.16. The molecule has 1 saturated heterocycles. The van der Waals surface area contributed by atoms with Crippen LogP contribution in [0.3, 0.4) is 0 Å². The molecular formula is C29H35FN2O4. The van der Waals surface area contributed by atoms with Crippen LogP contribution >= 0.6 is 0 Å². The minimum absolute atomic E-state index is 0.0608. The third-order valence-electron chi connectivity index (χ3n) is 6.01. The van der Waals surface area contributed by atoms with E-state index in [9.17, 15) is 14.0 Å². The van der Waals surface area contributed by atoms with Crippen molar-refractivity contribution in [1.82, 2.24) is 10.2 Å². The van der Waals surface area contributed by atoms with Gasteiger partial charge in [0, 0.05) is 18.7 Å². The van der Waals surface area contributed by atoms with E-state index in [0.717, 1.165) is 24.8 Å². The first-order chi connectivity index (χ1) is 17.2. The fourth-order valence-electron chi connectivity index (χ4n) is 4.16. The Morgan fingerprint density at radius 1 is 1.14 bits per heavy atom. The third kappa shape index (κ3) is 8.01. The maximum atomic E-state index is 14.5. The smallest absolute Gasteiger partial charge is 0.410 e. The quantitative estimate of drug-likeness (QED) is 0.499. The van der Waals surface area contributed by atoms with Gasteiger partial charge in [0.15, 0.2) is 11.6 Å². The number of piperidine rings is 1. The number of nitrogens with one attached hydrogen (secondary N) is 1. The molecule has 0 bridgehead atoms. The fraction of sp³-hybridized carbons (Fsp3) is 0.448. The second kappa shape index (κ2) is 12.4. The van der Waals surface area contributed by atoms with Crippen LogP contribution in [0, 0.1) is 23.6 Å². The lowest BCUT2D eigenvalue weighted by Crippen LogP contribution is -2.42. The molecule has 1 N–H and O–H groups in total. The van der Waals surface area contributed by atoms with E-state index in [0.29, 0.717) is 19.0 Å². The Bertz CT molecular complexity index is 1090. The molecule has 3 rings (SSSR count). The molecule has 1 fully saturated rings. The van der Waals surface area contributed by atoms with Crippen LogP contribution in [0.4, 0.5) is 9.18 Å². The third-order valence-corrected chi connectivity index (χ3v) is 6.01. The summed E-state index contributed by atoms with van der Waals surface area (Å²) in [5.41, 5.74) is 0.686. The number of ether oxygens (including phenoxy) is 2. The summed E-state index contributed by atoms with van der Waals surface area (Å²) in [5.74, 6) is 4.83. The Balaban J connectivity index is 1.65. The highest BCUT2D eigenvalue weighted by Gasteiger charge is 2.29. The topological polar surface area (TPSA) is 67.9 Å². The average molecular weight is 495 g/mol. The first-order valence-electron chi connectivity index (χ1n) is 12.3. The lowest BCUT2D eigenvalue weighted by Gasteiger charge is -2.35. The van der Waals surface area contributed by atoms with Gasteiger partial charge in [-0.2, -0.15) is 0 Å². The number of carbonyl (C=O) groups excluding carboxylic acids is 2. The van der Waals surface area contributed by atoms with E-state index >= 15 is 0 Å². The number of hydrogen-bond acceptors (Lipinski definition) is 4. The van der Waals surface area contributed by atoms with Gasteiger partial charge in [-0.05, 0) is 76.6 Å². The Kier molecular flexibility index (Phi) is 9.35. The molecule has 192 valence electrons. The summed E-state index contributed by atoms with van der Waals surface area (Å²) in [6.07, 6.45) is 2.07. The molecule has 36 heavy (non-hydrogen) atoms. The van der Waals surface area contributed by atoms with E-state index in [1.165, 1.54) is 12.1 Å². The van der Waals surface area contributed by atoms with Crippen molar-refractivity contribution in [2.45, 2.75) is 58.6 Å². The second-order valence-corrected chi connectivity index (χ2v) is 9.94. The summed E-state index contributed by atoms with van der Waals surface area (Å²) in [7, 11) is 0. The molecule has 1 aliphatic heterocycles. The molecule has 1 unspecified atom stereocenters. The molecule has 1 atom stereocenters. The summed E-state index contributed by atoms with van der Waals surface area (Å²) < 4.78 is 25.3. The van der Waals surface area contributed by atoms with Crippen LogP contribution in [0.15, 0.2) is 48.5 Å². The molecule has 2 aromatic rings. The van der Waals surface area contributed by atoms with Crippen molar-refractivity contribution in [1.29, 1.82) is 0 Å². The van der Waals surface area contributed by atoms with E-state index in [1.807, 2.05) is 51.1 Å². The van der Waals surface area contributed by atoms with Crippen molar-refractivity contribution in [3.8, 4) is 17.6 Å². The van der Waals surface area contributed by atoms with E-state index in [2.05, 4.69) is 17.2 Å². The summed E-state index contributed by atoms with van der Waals surface area (Å²) in [4.78, 5) is 27.2. The first-order valence-corrected chi connectivity index (χ1v) is 12.3. The normalized spacial score (nSPS) is 14.9. The number of benzene rings is 2.